The van der Waals surface area contributed by atoms with Crippen LogP contribution in [0.2, 0.25) is 10.0 Å². The van der Waals surface area contributed by atoms with Gasteiger partial charge in [0, 0.05) is 22.7 Å². The van der Waals surface area contributed by atoms with Gasteiger partial charge >= 0.3 is 0 Å². The summed E-state index contributed by atoms with van der Waals surface area (Å²) < 4.78 is 11.9. The van der Waals surface area contributed by atoms with Gasteiger partial charge in [0.1, 0.15) is 11.9 Å². The molecule has 3 nitrogen and oxygen atoms in total. The highest BCUT2D eigenvalue weighted by molar-refractivity contribution is 6.31. The van der Waals surface area contributed by atoms with E-state index < -0.39 is 0 Å². The summed E-state index contributed by atoms with van der Waals surface area (Å²) in [5.74, 6) is 1.93. The molecular weight excluding hydrogens is 309 g/mol. The second-order valence-electron chi connectivity index (χ2n) is 4.88. The molecule has 1 atom stereocenters. The highest BCUT2D eigenvalue weighted by atomic mass is 35.5. The molecule has 1 heterocycles. The Balaban J connectivity index is 1.83. The molecule has 0 aliphatic carbocycles. The number of hydrogen-bond acceptors (Lipinski definition) is 3. The minimum atomic E-state index is 0.160. The summed E-state index contributed by atoms with van der Waals surface area (Å²) in [6.07, 6.45) is 1.15. The van der Waals surface area contributed by atoms with Gasteiger partial charge in [0.05, 0.1) is 0 Å². The molecule has 1 saturated heterocycles. The van der Waals surface area contributed by atoms with Crippen LogP contribution in [0.3, 0.4) is 0 Å². The lowest BCUT2D eigenvalue weighted by molar-refractivity contribution is 0.215. The molecule has 5 heteroatoms. The van der Waals surface area contributed by atoms with E-state index in [0.717, 1.165) is 19.5 Å². The van der Waals surface area contributed by atoms with Gasteiger partial charge in [-0.3, -0.25) is 0 Å². The lowest BCUT2D eigenvalue weighted by atomic mass is 10.3. The lowest BCUT2D eigenvalue weighted by Gasteiger charge is -2.16. The van der Waals surface area contributed by atoms with Crippen molar-refractivity contribution in [3.05, 3.63) is 52.5 Å². The molecule has 2 aromatic rings. The van der Waals surface area contributed by atoms with Gasteiger partial charge in [0.15, 0.2) is 11.5 Å². The van der Waals surface area contributed by atoms with Crippen molar-refractivity contribution in [2.75, 3.05) is 13.1 Å². The van der Waals surface area contributed by atoms with Gasteiger partial charge in [0.25, 0.3) is 0 Å². The van der Waals surface area contributed by atoms with Crippen molar-refractivity contribution in [3.63, 3.8) is 0 Å². The lowest BCUT2D eigenvalue weighted by Crippen LogP contribution is -2.19. The van der Waals surface area contributed by atoms with E-state index in [1.165, 1.54) is 0 Å². The Labute approximate surface area is 133 Å². The molecule has 110 valence electrons. The van der Waals surface area contributed by atoms with E-state index in [2.05, 4.69) is 5.32 Å². The molecule has 0 bridgehead atoms. The first-order valence-electron chi connectivity index (χ1n) is 6.81. The second-order valence-corrected chi connectivity index (χ2v) is 5.76. The van der Waals surface area contributed by atoms with Crippen molar-refractivity contribution < 1.29 is 9.47 Å². The molecule has 0 aromatic heterocycles. The predicted octanol–water partition coefficient (Wildman–Crippen LogP) is 4.53. The van der Waals surface area contributed by atoms with Crippen molar-refractivity contribution in [1.29, 1.82) is 0 Å². The molecule has 0 radical (unpaired) electrons. The average molecular weight is 324 g/mol. The maximum Gasteiger partial charge on any atom is 0.170 e. The zero-order valence-electron chi connectivity index (χ0n) is 11.3. The molecular formula is C16H15Cl2NO2. The van der Waals surface area contributed by atoms with E-state index in [0.29, 0.717) is 27.3 Å². The fourth-order valence-corrected chi connectivity index (χ4v) is 2.57. The molecule has 1 N–H and O–H groups in total. The van der Waals surface area contributed by atoms with Crippen LogP contribution in [0.15, 0.2) is 42.5 Å². The molecule has 1 fully saturated rings. The molecule has 0 unspecified atom stereocenters. The van der Waals surface area contributed by atoms with Gasteiger partial charge < -0.3 is 14.8 Å². The Kier molecular flexibility index (Phi) is 4.54. The smallest absolute Gasteiger partial charge is 0.170 e. The zero-order valence-corrected chi connectivity index (χ0v) is 12.8. The molecule has 3 rings (SSSR count). The first-order chi connectivity index (χ1) is 10.2. The van der Waals surface area contributed by atoms with Gasteiger partial charge in [-0.25, -0.2) is 0 Å². The Bertz CT molecular complexity index is 627. The van der Waals surface area contributed by atoms with Crippen molar-refractivity contribution in [2.45, 2.75) is 12.5 Å². The number of hydrogen-bond donors (Lipinski definition) is 1. The summed E-state index contributed by atoms with van der Waals surface area (Å²) >= 11 is 12.0. The van der Waals surface area contributed by atoms with Crippen LogP contribution in [0.1, 0.15) is 6.42 Å². The molecule has 21 heavy (non-hydrogen) atoms. The van der Waals surface area contributed by atoms with E-state index in [-0.39, 0.29) is 6.10 Å². The number of rotatable bonds is 4. The highest BCUT2D eigenvalue weighted by Crippen LogP contribution is 2.35. The third-order valence-corrected chi connectivity index (χ3v) is 3.71. The first-order valence-corrected chi connectivity index (χ1v) is 7.56. The number of benzene rings is 2. The zero-order chi connectivity index (χ0) is 14.7. The minimum absolute atomic E-state index is 0.160. The van der Waals surface area contributed by atoms with E-state index in [1.54, 1.807) is 24.3 Å². The Morgan fingerprint density at radius 1 is 1.00 bits per heavy atom. The summed E-state index contributed by atoms with van der Waals surface area (Å²) in [4.78, 5) is 0. The van der Waals surface area contributed by atoms with Gasteiger partial charge in [-0.2, -0.15) is 0 Å². The van der Waals surface area contributed by atoms with Crippen LogP contribution >= 0.6 is 23.2 Å². The summed E-state index contributed by atoms with van der Waals surface area (Å²) in [5.41, 5.74) is 0. The topological polar surface area (TPSA) is 30.5 Å². The van der Waals surface area contributed by atoms with Crippen LogP contribution in [-0.2, 0) is 0 Å². The molecule has 0 amide bonds. The Hall–Kier alpha value is -1.42. The standard InChI is InChI=1S/C16H15Cl2NO2/c17-11-2-1-3-13(8-11)20-16-9-12(18)4-5-15(16)21-14-6-7-19-10-14/h1-5,8-9,14,19H,6-7,10H2/t14-/m0/s1. The predicted molar refractivity (Wildman–Crippen MR) is 84.9 cm³/mol. The van der Waals surface area contributed by atoms with Gasteiger partial charge in [-0.1, -0.05) is 29.3 Å². The van der Waals surface area contributed by atoms with Gasteiger partial charge in [-0.15, -0.1) is 0 Å². The van der Waals surface area contributed by atoms with Crippen LogP contribution in [0.25, 0.3) is 0 Å². The summed E-state index contributed by atoms with van der Waals surface area (Å²) in [7, 11) is 0. The van der Waals surface area contributed by atoms with Crippen LogP contribution in [-0.4, -0.2) is 19.2 Å². The maximum absolute atomic E-state index is 6.06. The van der Waals surface area contributed by atoms with Crippen molar-refractivity contribution in [3.8, 4) is 17.2 Å². The number of halogens is 2. The number of nitrogens with one attached hydrogen (secondary N) is 1. The molecule has 1 aliphatic rings. The fourth-order valence-electron chi connectivity index (χ4n) is 2.22. The summed E-state index contributed by atoms with van der Waals surface area (Å²) in [6, 6.07) is 12.6. The Morgan fingerprint density at radius 3 is 2.62 bits per heavy atom. The molecule has 1 aliphatic heterocycles. The SMILES string of the molecule is Clc1cccc(Oc2cc(Cl)ccc2O[C@H]2CCNC2)c1. The first kappa shape index (κ1) is 14.5. The van der Waals surface area contributed by atoms with E-state index in [1.807, 2.05) is 18.2 Å². The normalized spacial score (nSPS) is 17.7. The van der Waals surface area contributed by atoms with Crippen LogP contribution < -0.4 is 14.8 Å². The van der Waals surface area contributed by atoms with Crippen LogP contribution in [0.5, 0.6) is 17.2 Å². The van der Waals surface area contributed by atoms with E-state index in [4.69, 9.17) is 32.7 Å². The minimum Gasteiger partial charge on any atom is -0.485 e. The molecule has 0 spiro atoms. The van der Waals surface area contributed by atoms with Gasteiger partial charge in [-0.05, 0) is 43.3 Å². The quantitative estimate of drug-likeness (QED) is 0.896. The largest absolute Gasteiger partial charge is 0.485 e. The van der Waals surface area contributed by atoms with Crippen LogP contribution in [0, 0.1) is 0 Å². The highest BCUT2D eigenvalue weighted by Gasteiger charge is 2.18. The third kappa shape index (κ3) is 3.82. The maximum atomic E-state index is 6.06. The van der Waals surface area contributed by atoms with Crippen molar-refractivity contribution in [2.24, 2.45) is 0 Å². The van der Waals surface area contributed by atoms with Crippen LogP contribution in [0.4, 0.5) is 0 Å². The summed E-state index contributed by atoms with van der Waals surface area (Å²) in [6.45, 7) is 1.82. The monoisotopic (exact) mass is 323 g/mol. The third-order valence-electron chi connectivity index (χ3n) is 3.24. The number of ether oxygens (including phenoxy) is 2. The fraction of sp³-hybridized carbons (Fsp3) is 0.250. The van der Waals surface area contributed by atoms with Crippen molar-refractivity contribution in [1.82, 2.24) is 5.32 Å². The molecule has 0 saturated carbocycles. The second kappa shape index (κ2) is 6.56. The molecule has 2 aromatic carbocycles. The Morgan fingerprint density at radius 2 is 1.86 bits per heavy atom. The summed E-state index contributed by atoms with van der Waals surface area (Å²) in [5, 5.41) is 4.49. The van der Waals surface area contributed by atoms with Gasteiger partial charge in [0.2, 0.25) is 0 Å². The average Bonchev–Trinajstić information content (AvgIpc) is 2.95. The van der Waals surface area contributed by atoms with E-state index >= 15 is 0 Å². The van der Waals surface area contributed by atoms with E-state index in [9.17, 15) is 0 Å². The van der Waals surface area contributed by atoms with Crippen molar-refractivity contribution >= 4 is 23.2 Å².